The van der Waals surface area contributed by atoms with Crippen LogP contribution in [-0.4, -0.2) is 20.7 Å². The molecule has 2 aromatic heterocycles. The zero-order valence-electron chi connectivity index (χ0n) is 15.1. The molecule has 29 heavy (non-hydrogen) atoms. The number of aromatic nitrogens is 3. The predicted octanol–water partition coefficient (Wildman–Crippen LogP) is 4.26. The van der Waals surface area contributed by atoms with Gasteiger partial charge < -0.3 is 5.32 Å². The summed E-state index contributed by atoms with van der Waals surface area (Å²) in [7, 11) is 0. The van der Waals surface area contributed by atoms with Gasteiger partial charge in [-0.15, -0.1) is 11.3 Å². The number of nitrogens with zero attached hydrogens (tertiary/aromatic N) is 3. The maximum Gasteiger partial charge on any atom is 0.294 e. The number of aryl methyl sites for hydroxylation is 1. The number of hydrogen-bond donors (Lipinski definition) is 1. The number of benzene rings is 2. The second-order valence-corrected chi connectivity index (χ2v) is 7.92. The normalized spacial score (nSPS) is 11.0. The number of rotatable bonds is 4. The van der Waals surface area contributed by atoms with Crippen LogP contribution in [0.25, 0.3) is 21.5 Å². The molecule has 0 radical (unpaired) electrons. The smallest absolute Gasteiger partial charge is 0.294 e. The molecule has 0 saturated heterocycles. The summed E-state index contributed by atoms with van der Waals surface area (Å²) in [5.41, 5.74) is 1.55. The first-order valence-corrected chi connectivity index (χ1v) is 9.80. The fraction of sp³-hybridized carbons (Fsp3) is 0.100. The maximum atomic E-state index is 13.0. The molecule has 0 aliphatic carbocycles. The highest BCUT2D eigenvalue weighted by atomic mass is 35.5. The van der Waals surface area contributed by atoms with E-state index in [9.17, 15) is 14.0 Å². The minimum atomic E-state index is -0.459. The second-order valence-electron chi connectivity index (χ2n) is 6.28. The predicted molar refractivity (Wildman–Crippen MR) is 112 cm³/mol. The van der Waals surface area contributed by atoms with Gasteiger partial charge in [0.1, 0.15) is 18.1 Å². The standard InChI is InChI=1S/C20H14ClFN4O2S/c1-11-23-18-19(29-11)17(12-2-4-13(21)5-3-12)25-26(20(18)28)10-16(27)24-15-8-6-14(22)7-9-15/h2-9H,10H2,1H3,(H,24,27). The molecule has 0 aliphatic rings. The van der Waals surface area contributed by atoms with Crippen molar-refractivity contribution in [1.29, 1.82) is 0 Å². The topological polar surface area (TPSA) is 76.9 Å². The summed E-state index contributed by atoms with van der Waals surface area (Å²) in [5, 5.41) is 8.35. The number of fused-ring (bicyclic) bond motifs is 1. The van der Waals surface area contributed by atoms with E-state index in [1.165, 1.54) is 35.6 Å². The Morgan fingerprint density at radius 1 is 1.17 bits per heavy atom. The van der Waals surface area contributed by atoms with Gasteiger partial charge in [0.25, 0.3) is 5.56 Å². The zero-order chi connectivity index (χ0) is 20.5. The van der Waals surface area contributed by atoms with Crippen LogP contribution in [0.3, 0.4) is 0 Å². The third-order valence-corrected chi connectivity index (χ3v) is 5.38. The van der Waals surface area contributed by atoms with Gasteiger partial charge in [0.05, 0.1) is 9.71 Å². The van der Waals surface area contributed by atoms with Crippen molar-refractivity contribution in [2.75, 3.05) is 5.32 Å². The highest BCUT2D eigenvalue weighted by Gasteiger charge is 2.18. The lowest BCUT2D eigenvalue weighted by Gasteiger charge is -2.09. The molecule has 1 amide bonds. The van der Waals surface area contributed by atoms with Crippen LogP contribution in [0.1, 0.15) is 5.01 Å². The molecule has 146 valence electrons. The minimum absolute atomic E-state index is 0.266. The molecule has 0 saturated carbocycles. The number of carbonyl (C=O) groups excluding carboxylic acids is 1. The highest BCUT2D eigenvalue weighted by Crippen LogP contribution is 2.30. The Kier molecular flexibility index (Phi) is 5.12. The van der Waals surface area contributed by atoms with Gasteiger partial charge in [0.2, 0.25) is 5.91 Å². The zero-order valence-corrected chi connectivity index (χ0v) is 16.7. The third-order valence-electron chi connectivity index (χ3n) is 4.15. The molecule has 2 heterocycles. The lowest BCUT2D eigenvalue weighted by atomic mass is 10.1. The monoisotopic (exact) mass is 428 g/mol. The molecule has 0 atom stereocenters. The SMILES string of the molecule is Cc1nc2c(=O)n(CC(=O)Nc3ccc(F)cc3)nc(-c3ccc(Cl)cc3)c2s1. The van der Waals surface area contributed by atoms with E-state index in [4.69, 9.17) is 11.6 Å². The molecule has 6 nitrogen and oxygen atoms in total. The van der Waals surface area contributed by atoms with Crippen molar-refractivity contribution < 1.29 is 9.18 Å². The first kappa shape index (κ1) is 19.2. The maximum absolute atomic E-state index is 13.0. The number of amides is 1. The number of anilines is 1. The van der Waals surface area contributed by atoms with E-state index in [1.54, 1.807) is 31.2 Å². The lowest BCUT2D eigenvalue weighted by molar-refractivity contribution is -0.117. The van der Waals surface area contributed by atoms with E-state index >= 15 is 0 Å². The van der Waals surface area contributed by atoms with Crippen LogP contribution in [0.2, 0.25) is 5.02 Å². The third kappa shape index (κ3) is 4.03. The van der Waals surface area contributed by atoms with E-state index in [1.807, 2.05) is 0 Å². The van der Waals surface area contributed by atoms with Crippen LogP contribution in [0.15, 0.2) is 53.3 Å². The molecular weight excluding hydrogens is 415 g/mol. The summed E-state index contributed by atoms with van der Waals surface area (Å²) in [6.07, 6.45) is 0. The van der Waals surface area contributed by atoms with Gasteiger partial charge in [-0.25, -0.2) is 14.1 Å². The quantitative estimate of drug-likeness (QED) is 0.527. The van der Waals surface area contributed by atoms with Gasteiger partial charge in [-0.05, 0) is 43.3 Å². The van der Waals surface area contributed by atoms with Crippen LogP contribution in [-0.2, 0) is 11.3 Å². The Labute approximate surface area is 173 Å². The molecular formula is C20H14ClFN4O2S. The van der Waals surface area contributed by atoms with E-state index in [-0.39, 0.29) is 12.1 Å². The second kappa shape index (κ2) is 7.73. The first-order chi connectivity index (χ1) is 13.9. The Hall–Kier alpha value is -3.10. The number of carbonyl (C=O) groups is 1. The summed E-state index contributed by atoms with van der Waals surface area (Å²) >= 11 is 7.34. The van der Waals surface area contributed by atoms with E-state index in [2.05, 4.69) is 15.4 Å². The molecule has 0 unspecified atom stereocenters. The van der Waals surface area contributed by atoms with Gasteiger partial charge >= 0.3 is 0 Å². The van der Waals surface area contributed by atoms with Crippen molar-refractivity contribution in [3.8, 4) is 11.3 Å². The van der Waals surface area contributed by atoms with Crippen LogP contribution in [0.5, 0.6) is 0 Å². The Balaban J connectivity index is 1.73. The fourth-order valence-electron chi connectivity index (χ4n) is 2.84. The van der Waals surface area contributed by atoms with Crippen molar-refractivity contribution in [3.63, 3.8) is 0 Å². The molecule has 0 spiro atoms. The molecule has 4 rings (SSSR count). The summed E-state index contributed by atoms with van der Waals surface area (Å²) in [5.74, 6) is -0.864. The molecule has 0 bridgehead atoms. The average molecular weight is 429 g/mol. The molecule has 9 heteroatoms. The van der Waals surface area contributed by atoms with Crippen LogP contribution < -0.4 is 10.9 Å². The summed E-state index contributed by atoms with van der Waals surface area (Å²) in [6, 6.07) is 12.4. The number of halogens is 2. The van der Waals surface area contributed by atoms with Gasteiger partial charge in [0.15, 0.2) is 5.52 Å². The van der Waals surface area contributed by atoms with E-state index in [0.29, 0.717) is 21.1 Å². The van der Waals surface area contributed by atoms with E-state index in [0.717, 1.165) is 15.3 Å². The number of nitrogens with one attached hydrogen (secondary N) is 1. The fourth-order valence-corrected chi connectivity index (χ4v) is 3.88. The average Bonchev–Trinajstić information content (AvgIpc) is 3.09. The van der Waals surface area contributed by atoms with Crippen molar-refractivity contribution in [2.45, 2.75) is 13.5 Å². The summed E-state index contributed by atoms with van der Waals surface area (Å²) in [4.78, 5) is 29.5. The Bertz CT molecular complexity index is 1270. The van der Waals surface area contributed by atoms with Crippen molar-refractivity contribution >= 4 is 44.7 Å². The van der Waals surface area contributed by atoms with Gasteiger partial charge in [-0.2, -0.15) is 5.10 Å². The lowest BCUT2D eigenvalue weighted by Crippen LogP contribution is -2.30. The minimum Gasteiger partial charge on any atom is -0.324 e. The molecule has 1 N–H and O–H groups in total. The van der Waals surface area contributed by atoms with E-state index < -0.39 is 17.3 Å². The van der Waals surface area contributed by atoms with Gasteiger partial charge in [0, 0.05) is 16.3 Å². The number of thiazole rings is 1. The molecule has 0 fully saturated rings. The van der Waals surface area contributed by atoms with Crippen molar-refractivity contribution in [2.24, 2.45) is 0 Å². The molecule has 2 aromatic carbocycles. The van der Waals surface area contributed by atoms with Gasteiger partial charge in [-0.3, -0.25) is 9.59 Å². The Morgan fingerprint density at radius 2 is 1.86 bits per heavy atom. The van der Waals surface area contributed by atoms with Crippen LogP contribution in [0, 0.1) is 12.7 Å². The number of hydrogen-bond acceptors (Lipinski definition) is 5. The highest BCUT2D eigenvalue weighted by molar-refractivity contribution is 7.19. The van der Waals surface area contributed by atoms with Gasteiger partial charge in [-0.1, -0.05) is 23.7 Å². The van der Waals surface area contributed by atoms with Crippen molar-refractivity contribution in [1.82, 2.24) is 14.8 Å². The summed E-state index contributed by atoms with van der Waals surface area (Å²) < 4.78 is 14.8. The molecule has 4 aromatic rings. The van der Waals surface area contributed by atoms with Crippen LogP contribution >= 0.6 is 22.9 Å². The Morgan fingerprint density at radius 3 is 2.55 bits per heavy atom. The van der Waals surface area contributed by atoms with Crippen LogP contribution in [0.4, 0.5) is 10.1 Å². The summed E-state index contributed by atoms with van der Waals surface area (Å²) in [6.45, 7) is 1.50. The van der Waals surface area contributed by atoms with Crippen molar-refractivity contribution in [3.05, 3.63) is 74.7 Å². The largest absolute Gasteiger partial charge is 0.324 e. The molecule has 0 aliphatic heterocycles. The first-order valence-electron chi connectivity index (χ1n) is 8.60.